The molecule has 1 aromatic carbocycles. The van der Waals surface area contributed by atoms with Crippen LogP contribution in [0.15, 0.2) is 29.2 Å². The molecule has 2 aliphatic rings. The van der Waals surface area contributed by atoms with Gasteiger partial charge in [0.1, 0.15) is 0 Å². The number of sulfonamides is 1. The second-order valence-electron chi connectivity index (χ2n) is 6.60. The average Bonchev–Trinajstić information content (AvgIpc) is 3.09. The van der Waals surface area contributed by atoms with E-state index >= 15 is 0 Å². The molecule has 23 heavy (non-hydrogen) atoms. The van der Waals surface area contributed by atoms with Crippen LogP contribution < -0.4 is 0 Å². The van der Waals surface area contributed by atoms with E-state index in [-0.39, 0.29) is 12.2 Å². The Bertz CT molecular complexity index is 620. The number of nitrogens with zero attached hydrogens (tertiary/aromatic N) is 1. The maximum absolute atomic E-state index is 12.9. The Hall–Kier alpha value is -0.950. The Labute approximate surface area is 138 Å². The van der Waals surface area contributed by atoms with Crippen LogP contribution in [0.3, 0.4) is 0 Å². The number of piperidine rings is 1. The molecule has 2 saturated heterocycles. The molecule has 0 spiro atoms. The van der Waals surface area contributed by atoms with Crippen molar-refractivity contribution in [3.8, 4) is 0 Å². The van der Waals surface area contributed by atoms with Gasteiger partial charge in [0, 0.05) is 19.0 Å². The van der Waals surface area contributed by atoms with Gasteiger partial charge < -0.3 is 9.47 Å². The quantitative estimate of drug-likeness (QED) is 0.846. The van der Waals surface area contributed by atoms with Crippen LogP contribution in [0.4, 0.5) is 0 Å². The van der Waals surface area contributed by atoms with Crippen molar-refractivity contribution in [2.45, 2.75) is 43.8 Å². The largest absolute Gasteiger partial charge is 0.350 e. The van der Waals surface area contributed by atoms with E-state index in [2.05, 4.69) is 13.8 Å². The molecule has 5 nitrogen and oxygen atoms in total. The SMILES string of the molecule is CC(C)c1ccc(S(=O)(=O)N2CCC[C@H](C3OCCO3)C2)cc1. The molecule has 0 unspecified atom stereocenters. The predicted molar refractivity (Wildman–Crippen MR) is 87.7 cm³/mol. The molecule has 0 N–H and O–H groups in total. The summed E-state index contributed by atoms with van der Waals surface area (Å²) in [5.74, 6) is 0.513. The summed E-state index contributed by atoms with van der Waals surface area (Å²) < 4.78 is 38.4. The molecule has 2 heterocycles. The van der Waals surface area contributed by atoms with Crippen LogP contribution in [-0.4, -0.2) is 45.3 Å². The lowest BCUT2D eigenvalue weighted by Crippen LogP contribution is -2.43. The van der Waals surface area contributed by atoms with Crippen molar-refractivity contribution in [2.75, 3.05) is 26.3 Å². The molecule has 0 radical (unpaired) electrons. The van der Waals surface area contributed by atoms with Gasteiger partial charge in [-0.25, -0.2) is 8.42 Å². The normalized spacial score (nSPS) is 24.4. The van der Waals surface area contributed by atoms with Gasteiger partial charge in [-0.05, 0) is 36.5 Å². The van der Waals surface area contributed by atoms with Crippen LogP contribution in [0.5, 0.6) is 0 Å². The molecule has 0 amide bonds. The summed E-state index contributed by atoms with van der Waals surface area (Å²) in [6, 6.07) is 7.25. The molecule has 0 aliphatic carbocycles. The zero-order valence-corrected chi connectivity index (χ0v) is 14.6. The summed E-state index contributed by atoms with van der Waals surface area (Å²) >= 11 is 0. The van der Waals surface area contributed by atoms with Gasteiger partial charge >= 0.3 is 0 Å². The first kappa shape index (κ1) is 16.9. The average molecular weight is 339 g/mol. The highest BCUT2D eigenvalue weighted by Crippen LogP contribution is 2.29. The smallest absolute Gasteiger partial charge is 0.243 e. The lowest BCUT2D eigenvalue weighted by atomic mass is 9.99. The second kappa shape index (κ2) is 6.89. The van der Waals surface area contributed by atoms with Crippen molar-refractivity contribution < 1.29 is 17.9 Å². The van der Waals surface area contributed by atoms with Crippen molar-refractivity contribution in [3.05, 3.63) is 29.8 Å². The zero-order valence-electron chi connectivity index (χ0n) is 13.8. The van der Waals surface area contributed by atoms with Crippen LogP contribution in [0, 0.1) is 5.92 Å². The van der Waals surface area contributed by atoms with Gasteiger partial charge in [0.2, 0.25) is 10.0 Å². The van der Waals surface area contributed by atoms with E-state index in [9.17, 15) is 8.42 Å². The fourth-order valence-electron chi connectivity index (χ4n) is 3.24. The summed E-state index contributed by atoms with van der Waals surface area (Å²) in [4.78, 5) is 0.371. The minimum Gasteiger partial charge on any atom is -0.350 e. The third kappa shape index (κ3) is 3.60. The molecule has 2 aliphatic heterocycles. The highest BCUT2D eigenvalue weighted by Gasteiger charge is 2.36. The summed E-state index contributed by atoms with van der Waals surface area (Å²) in [5.41, 5.74) is 1.15. The maximum Gasteiger partial charge on any atom is 0.243 e. The van der Waals surface area contributed by atoms with Gasteiger partial charge in [-0.3, -0.25) is 0 Å². The maximum atomic E-state index is 12.9. The highest BCUT2D eigenvalue weighted by atomic mass is 32.2. The van der Waals surface area contributed by atoms with Gasteiger partial charge in [0.05, 0.1) is 18.1 Å². The molecule has 0 saturated carbocycles. The summed E-state index contributed by atoms with van der Waals surface area (Å²) in [6.45, 7) is 6.44. The Morgan fingerprint density at radius 2 is 1.78 bits per heavy atom. The monoisotopic (exact) mass is 339 g/mol. The molecule has 1 aromatic rings. The topological polar surface area (TPSA) is 55.8 Å². The van der Waals surface area contributed by atoms with E-state index < -0.39 is 10.0 Å². The van der Waals surface area contributed by atoms with E-state index in [0.717, 1.165) is 18.4 Å². The Morgan fingerprint density at radius 1 is 1.13 bits per heavy atom. The number of hydrogen-bond acceptors (Lipinski definition) is 4. The van der Waals surface area contributed by atoms with Crippen LogP contribution in [-0.2, 0) is 19.5 Å². The minimum atomic E-state index is -3.44. The first-order chi connectivity index (χ1) is 11.0. The lowest BCUT2D eigenvalue weighted by molar-refractivity contribution is -0.0940. The molecule has 1 atom stereocenters. The molecular weight excluding hydrogens is 314 g/mol. The molecular formula is C17H25NO4S. The third-order valence-corrected chi connectivity index (χ3v) is 6.52. The molecule has 6 heteroatoms. The standard InChI is InChI=1S/C17H25NO4S/c1-13(2)14-5-7-16(8-6-14)23(19,20)18-9-3-4-15(12-18)17-21-10-11-22-17/h5-8,13,15,17H,3-4,9-12H2,1-2H3/t15-/m0/s1. The first-order valence-corrected chi connectivity index (χ1v) is 9.76. The Kier molecular flexibility index (Phi) is 5.06. The fourth-order valence-corrected chi connectivity index (χ4v) is 4.77. The predicted octanol–water partition coefficient (Wildman–Crippen LogP) is 2.58. The van der Waals surface area contributed by atoms with Gasteiger partial charge in [-0.1, -0.05) is 26.0 Å². The molecule has 0 aromatic heterocycles. The van der Waals surface area contributed by atoms with Crippen molar-refractivity contribution in [2.24, 2.45) is 5.92 Å². The number of ether oxygens (including phenoxy) is 2. The van der Waals surface area contributed by atoms with E-state index in [1.54, 1.807) is 16.4 Å². The van der Waals surface area contributed by atoms with Crippen molar-refractivity contribution in [1.29, 1.82) is 0 Å². The lowest BCUT2D eigenvalue weighted by Gasteiger charge is -2.33. The minimum absolute atomic E-state index is 0.121. The number of rotatable bonds is 4. The molecule has 2 fully saturated rings. The number of hydrogen-bond donors (Lipinski definition) is 0. The molecule has 0 bridgehead atoms. The second-order valence-corrected chi connectivity index (χ2v) is 8.54. The Balaban J connectivity index is 1.75. The van der Waals surface area contributed by atoms with Gasteiger partial charge in [0.25, 0.3) is 0 Å². The summed E-state index contributed by atoms with van der Waals surface area (Å²) in [7, 11) is -3.44. The summed E-state index contributed by atoms with van der Waals surface area (Å²) in [5, 5.41) is 0. The van der Waals surface area contributed by atoms with E-state index in [4.69, 9.17) is 9.47 Å². The number of benzene rings is 1. The molecule has 128 valence electrons. The fraction of sp³-hybridized carbons (Fsp3) is 0.647. The zero-order chi connectivity index (χ0) is 16.4. The van der Waals surface area contributed by atoms with E-state index in [0.29, 0.717) is 37.1 Å². The third-order valence-electron chi connectivity index (χ3n) is 4.64. The first-order valence-electron chi connectivity index (χ1n) is 8.32. The van der Waals surface area contributed by atoms with Crippen molar-refractivity contribution >= 4 is 10.0 Å². The van der Waals surface area contributed by atoms with Crippen LogP contribution in [0.25, 0.3) is 0 Å². The van der Waals surface area contributed by atoms with Gasteiger partial charge in [0.15, 0.2) is 6.29 Å². The van der Waals surface area contributed by atoms with Crippen molar-refractivity contribution in [3.63, 3.8) is 0 Å². The van der Waals surface area contributed by atoms with E-state index in [1.807, 2.05) is 12.1 Å². The van der Waals surface area contributed by atoms with Gasteiger partial charge in [-0.15, -0.1) is 0 Å². The van der Waals surface area contributed by atoms with E-state index in [1.165, 1.54) is 0 Å². The van der Waals surface area contributed by atoms with Crippen LogP contribution in [0.1, 0.15) is 38.2 Å². The molecule has 3 rings (SSSR count). The van der Waals surface area contributed by atoms with Crippen LogP contribution in [0.2, 0.25) is 0 Å². The van der Waals surface area contributed by atoms with Crippen LogP contribution >= 0.6 is 0 Å². The Morgan fingerprint density at radius 3 is 2.39 bits per heavy atom. The summed E-state index contributed by atoms with van der Waals surface area (Å²) in [6.07, 6.45) is 1.54. The highest BCUT2D eigenvalue weighted by molar-refractivity contribution is 7.89. The van der Waals surface area contributed by atoms with Gasteiger partial charge in [-0.2, -0.15) is 4.31 Å². The van der Waals surface area contributed by atoms with Crippen molar-refractivity contribution in [1.82, 2.24) is 4.31 Å².